The summed E-state index contributed by atoms with van der Waals surface area (Å²) in [4.78, 5) is 36.0. The average molecular weight is 262 g/mol. The van der Waals surface area contributed by atoms with Crippen molar-refractivity contribution < 1.29 is 19.5 Å². The molecule has 6 nitrogen and oxygen atoms in total. The fourth-order valence-electron chi connectivity index (χ4n) is 2.23. The van der Waals surface area contributed by atoms with Crippen molar-refractivity contribution in [3.05, 3.63) is 29.8 Å². The Kier molecular flexibility index (Phi) is 3.50. The second kappa shape index (κ2) is 5.09. The third kappa shape index (κ3) is 2.42. The van der Waals surface area contributed by atoms with Gasteiger partial charge in [-0.1, -0.05) is 19.1 Å². The molecule has 0 aromatic heterocycles. The van der Waals surface area contributed by atoms with Crippen LogP contribution in [-0.2, 0) is 9.59 Å². The van der Waals surface area contributed by atoms with Crippen LogP contribution in [0.5, 0.6) is 0 Å². The third-order valence-corrected chi connectivity index (χ3v) is 3.09. The summed E-state index contributed by atoms with van der Waals surface area (Å²) in [5, 5.41) is 11.4. The molecule has 1 heterocycles. The van der Waals surface area contributed by atoms with Crippen molar-refractivity contribution in [3.8, 4) is 0 Å². The van der Waals surface area contributed by atoms with Crippen molar-refractivity contribution in [3.63, 3.8) is 0 Å². The first-order valence-corrected chi connectivity index (χ1v) is 5.97. The number of imide groups is 1. The molecule has 0 radical (unpaired) electrons. The monoisotopic (exact) mass is 262 g/mol. The summed E-state index contributed by atoms with van der Waals surface area (Å²) < 4.78 is 0. The molecule has 0 aliphatic carbocycles. The Balaban J connectivity index is 2.46. The maximum Gasteiger partial charge on any atom is 0.337 e. The van der Waals surface area contributed by atoms with Gasteiger partial charge in [0.15, 0.2) is 0 Å². The van der Waals surface area contributed by atoms with E-state index in [2.05, 4.69) is 5.32 Å². The fraction of sp³-hybridized carbons (Fsp3) is 0.308. The van der Waals surface area contributed by atoms with Crippen LogP contribution < -0.4 is 10.2 Å². The highest BCUT2D eigenvalue weighted by Gasteiger charge is 2.34. The van der Waals surface area contributed by atoms with Crippen LogP contribution in [-0.4, -0.2) is 35.5 Å². The lowest BCUT2D eigenvalue weighted by Gasteiger charge is -2.35. The Labute approximate surface area is 110 Å². The van der Waals surface area contributed by atoms with Crippen molar-refractivity contribution in [2.75, 3.05) is 11.4 Å². The van der Waals surface area contributed by atoms with E-state index < -0.39 is 17.9 Å². The first-order chi connectivity index (χ1) is 9.04. The average Bonchev–Trinajstić information content (AvgIpc) is 2.37. The molecule has 2 amide bonds. The number of piperazine rings is 1. The molecule has 1 fully saturated rings. The zero-order chi connectivity index (χ0) is 14.0. The zero-order valence-electron chi connectivity index (χ0n) is 10.4. The molecule has 1 aliphatic heterocycles. The lowest BCUT2D eigenvalue weighted by Crippen LogP contribution is -2.58. The van der Waals surface area contributed by atoms with Crippen molar-refractivity contribution >= 4 is 23.5 Å². The van der Waals surface area contributed by atoms with Crippen molar-refractivity contribution in [1.82, 2.24) is 5.32 Å². The van der Waals surface area contributed by atoms with E-state index >= 15 is 0 Å². The number of para-hydroxylation sites is 1. The number of rotatable bonds is 3. The lowest BCUT2D eigenvalue weighted by molar-refractivity contribution is -0.132. The van der Waals surface area contributed by atoms with Crippen molar-refractivity contribution in [2.45, 2.75) is 19.4 Å². The third-order valence-electron chi connectivity index (χ3n) is 3.09. The van der Waals surface area contributed by atoms with E-state index in [4.69, 9.17) is 0 Å². The predicted molar refractivity (Wildman–Crippen MR) is 68.0 cm³/mol. The number of carboxylic acid groups (broad SMARTS) is 1. The molecule has 1 atom stereocenters. The molecule has 100 valence electrons. The molecule has 1 aliphatic rings. The Morgan fingerprint density at radius 2 is 2.11 bits per heavy atom. The smallest absolute Gasteiger partial charge is 0.337 e. The number of nitrogens with zero attached hydrogens (tertiary/aromatic N) is 1. The number of amides is 2. The van der Waals surface area contributed by atoms with Gasteiger partial charge in [-0.3, -0.25) is 14.9 Å². The van der Waals surface area contributed by atoms with Crippen LogP contribution in [0, 0.1) is 0 Å². The molecule has 0 spiro atoms. The van der Waals surface area contributed by atoms with Gasteiger partial charge in [0.1, 0.15) is 6.04 Å². The van der Waals surface area contributed by atoms with Crippen molar-refractivity contribution in [1.29, 1.82) is 0 Å². The predicted octanol–water partition coefficient (Wildman–Crippen LogP) is 0.626. The highest BCUT2D eigenvalue weighted by molar-refractivity contribution is 6.06. The van der Waals surface area contributed by atoms with Crippen LogP contribution in [0.25, 0.3) is 0 Å². The van der Waals surface area contributed by atoms with E-state index in [1.165, 1.54) is 6.07 Å². The summed E-state index contributed by atoms with van der Waals surface area (Å²) >= 11 is 0. The minimum absolute atomic E-state index is 0.0193. The van der Waals surface area contributed by atoms with Gasteiger partial charge in [-0.05, 0) is 18.6 Å². The summed E-state index contributed by atoms with van der Waals surface area (Å²) in [6.07, 6.45) is 0.493. The first kappa shape index (κ1) is 13.1. The molecule has 6 heteroatoms. The van der Waals surface area contributed by atoms with Gasteiger partial charge in [0, 0.05) is 0 Å². The van der Waals surface area contributed by atoms with E-state index in [0.29, 0.717) is 12.1 Å². The largest absolute Gasteiger partial charge is 0.478 e. The van der Waals surface area contributed by atoms with Crippen LogP contribution in [0.15, 0.2) is 24.3 Å². The normalized spacial score (nSPS) is 19.2. The first-order valence-electron chi connectivity index (χ1n) is 5.97. The Morgan fingerprint density at radius 1 is 1.42 bits per heavy atom. The highest BCUT2D eigenvalue weighted by Crippen LogP contribution is 2.25. The summed E-state index contributed by atoms with van der Waals surface area (Å²) in [5.74, 6) is -1.89. The Hall–Kier alpha value is -2.37. The van der Waals surface area contributed by atoms with E-state index in [-0.39, 0.29) is 18.0 Å². The number of carbonyl (C=O) groups is 3. The minimum atomic E-state index is -1.08. The quantitative estimate of drug-likeness (QED) is 0.780. The molecule has 2 N–H and O–H groups in total. The number of hydrogen-bond acceptors (Lipinski definition) is 4. The van der Waals surface area contributed by atoms with Gasteiger partial charge in [-0.25, -0.2) is 4.79 Å². The summed E-state index contributed by atoms with van der Waals surface area (Å²) in [6.45, 7) is 1.80. The molecule has 1 saturated heterocycles. The van der Waals surface area contributed by atoms with E-state index in [1.807, 2.05) is 6.92 Å². The number of hydrogen-bond donors (Lipinski definition) is 2. The van der Waals surface area contributed by atoms with Gasteiger partial charge in [0.25, 0.3) is 0 Å². The molecule has 1 aromatic rings. The second-order valence-electron chi connectivity index (χ2n) is 4.29. The van der Waals surface area contributed by atoms with E-state index in [1.54, 1.807) is 23.1 Å². The van der Waals surface area contributed by atoms with Crippen LogP contribution in [0.4, 0.5) is 5.69 Å². The van der Waals surface area contributed by atoms with E-state index in [0.717, 1.165) is 0 Å². The number of carboxylic acids is 1. The number of anilines is 1. The summed E-state index contributed by atoms with van der Waals surface area (Å²) in [5.41, 5.74) is 0.480. The molecule has 2 rings (SSSR count). The molecule has 19 heavy (non-hydrogen) atoms. The minimum Gasteiger partial charge on any atom is -0.478 e. The summed E-state index contributed by atoms with van der Waals surface area (Å²) in [7, 11) is 0. The molecule has 0 saturated carbocycles. The fourth-order valence-corrected chi connectivity index (χ4v) is 2.23. The molecular formula is C13H14N2O4. The van der Waals surface area contributed by atoms with Crippen LogP contribution in [0.2, 0.25) is 0 Å². The van der Waals surface area contributed by atoms with Crippen LogP contribution >= 0.6 is 0 Å². The van der Waals surface area contributed by atoms with Gasteiger partial charge in [-0.15, -0.1) is 0 Å². The molecule has 0 bridgehead atoms. The molecule has 1 aromatic carbocycles. The topological polar surface area (TPSA) is 86.7 Å². The van der Waals surface area contributed by atoms with Crippen LogP contribution in [0.1, 0.15) is 23.7 Å². The maximum atomic E-state index is 11.8. The van der Waals surface area contributed by atoms with Crippen molar-refractivity contribution in [2.24, 2.45) is 0 Å². The number of benzene rings is 1. The van der Waals surface area contributed by atoms with E-state index in [9.17, 15) is 19.5 Å². The SMILES string of the molecule is CCC1C(=O)NC(=O)CN1c1ccccc1C(=O)O. The van der Waals surface area contributed by atoms with Gasteiger partial charge < -0.3 is 10.0 Å². The lowest BCUT2D eigenvalue weighted by atomic mass is 10.1. The maximum absolute atomic E-state index is 11.8. The number of nitrogens with one attached hydrogen (secondary N) is 1. The van der Waals surface area contributed by atoms with Crippen LogP contribution in [0.3, 0.4) is 0 Å². The summed E-state index contributed by atoms with van der Waals surface area (Å²) in [6, 6.07) is 5.84. The molecule has 1 unspecified atom stereocenters. The Morgan fingerprint density at radius 3 is 2.74 bits per heavy atom. The highest BCUT2D eigenvalue weighted by atomic mass is 16.4. The zero-order valence-corrected chi connectivity index (χ0v) is 10.4. The van der Waals surface area contributed by atoms with Gasteiger partial charge >= 0.3 is 5.97 Å². The van der Waals surface area contributed by atoms with Gasteiger partial charge in [0.2, 0.25) is 11.8 Å². The standard InChI is InChI=1S/C13H14N2O4/c1-2-9-12(17)14-11(16)7-15(9)10-6-4-3-5-8(10)13(18)19/h3-6,9H,2,7H2,1H3,(H,18,19)(H,14,16,17). The Bertz CT molecular complexity index is 541. The van der Waals surface area contributed by atoms with Gasteiger partial charge in [-0.2, -0.15) is 0 Å². The number of carbonyl (C=O) groups excluding carboxylic acids is 2. The number of aromatic carboxylic acids is 1. The van der Waals surface area contributed by atoms with Gasteiger partial charge in [0.05, 0.1) is 17.8 Å². The molecular weight excluding hydrogens is 248 g/mol. The second-order valence-corrected chi connectivity index (χ2v) is 4.29.